The van der Waals surface area contributed by atoms with Crippen LogP contribution in [0.5, 0.6) is 0 Å². The van der Waals surface area contributed by atoms with Crippen molar-refractivity contribution in [3.8, 4) is 22.5 Å². The molecule has 0 spiro atoms. The minimum absolute atomic E-state index is 0.172. The largest absolute Gasteiger partial charge is 0.354 e. The van der Waals surface area contributed by atoms with Crippen LogP contribution in [0.2, 0.25) is 0 Å². The number of nitrogens with one attached hydrogen (secondary N) is 2. The quantitative estimate of drug-likeness (QED) is 0.390. The van der Waals surface area contributed by atoms with Gasteiger partial charge in [-0.3, -0.25) is 14.9 Å². The van der Waals surface area contributed by atoms with E-state index in [9.17, 15) is 4.79 Å². The molecule has 0 amide bonds. The SMILES string of the molecule is [C-]#[N+]c1cccc2[nH]c(-c3[nH]nc4ncc(-c5ccc(CC(=O)CC)nc5)cc34)cc12. The Morgan fingerprint density at radius 2 is 1.94 bits per heavy atom. The summed E-state index contributed by atoms with van der Waals surface area (Å²) in [5.74, 6) is 0.172. The number of H-pyrrole nitrogens is 2. The molecular weight excluding hydrogens is 388 g/mol. The van der Waals surface area contributed by atoms with Crippen molar-refractivity contribution in [2.24, 2.45) is 0 Å². The summed E-state index contributed by atoms with van der Waals surface area (Å²) < 4.78 is 0. The van der Waals surface area contributed by atoms with E-state index in [4.69, 9.17) is 6.57 Å². The highest BCUT2D eigenvalue weighted by molar-refractivity contribution is 6.00. The van der Waals surface area contributed by atoms with E-state index in [1.54, 1.807) is 12.4 Å². The fraction of sp³-hybridized carbons (Fsp3) is 0.125. The van der Waals surface area contributed by atoms with Gasteiger partial charge in [-0.1, -0.05) is 25.1 Å². The van der Waals surface area contributed by atoms with E-state index in [0.717, 1.165) is 44.5 Å². The van der Waals surface area contributed by atoms with Crippen molar-refractivity contribution in [3.63, 3.8) is 0 Å². The van der Waals surface area contributed by atoms with E-state index in [0.29, 0.717) is 24.2 Å². The van der Waals surface area contributed by atoms with Crippen molar-refractivity contribution in [2.45, 2.75) is 19.8 Å². The van der Waals surface area contributed by atoms with Gasteiger partial charge < -0.3 is 4.98 Å². The van der Waals surface area contributed by atoms with Crippen LogP contribution in [0.25, 0.3) is 49.3 Å². The van der Waals surface area contributed by atoms with Crippen molar-refractivity contribution in [3.05, 3.63) is 72.0 Å². The van der Waals surface area contributed by atoms with Crippen molar-refractivity contribution in [1.29, 1.82) is 0 Å². The second-order valence-corrected chi connectivity index (χ2v) is 7.33. The predicted octanol–water partition coefficient (Wildman–Crippen LogP) is 5.24. The van der Waals surface area contributed by atoms with Crippen LogP contribution in [0.4, 0.5) is 5.69 Å². The minimum Gasteiger partial charge on any atom is -0.354 e. The molecule has 4 aromatic heterocycles. The van der Waals surface area contributed by atoms with Crippen LogP contribution >= 0.6 is 0 Å². The molecule has 2 N–H and O–H groups in total. The first-order valence-electron chi connectivity index (χ1n) is 9.97. The maximum Gasteiger partial charge on any atom is 0.196 e. The number of hydrogen-bond acceptors (Lipinski definition) is 4. The third-order valence-corrected chi connectivity index (χ3v) is 5.37. The molecule has 0 aliphatic carbocycles. The number of pyridine rings is 2. The molecular formula is C24H18N6O. The van der Waals surface area contributed by atoms with Gasteiger partial charge in [0.05, 0.1) is 18.0 Å². The summed E-state index contributed by atoms with van der Waals surface area (Å²) in [7, 11) is 0. The lowest BCUT2D eigenvalue weighted by molar-refractivity contribution is -0.118. The summed E-state index contributed by atoms with van der Waals surface area (Å²) in [4.78, 5) is 27.5. The Balaban J connectivity index is 1.55. The van der Waals surface area contributed by atoms with E-state index in [-0.39, 0.29) is 5.78 Å². The third-order valence-electron chi connectivity index (χ3n) is 5.37. The van der Waals surface area contributed by atoms with Gasteiger partial charge in [0.25, 0.3) is 0 Å². The van der Waals surface area contributed by atoms with Crippen molar-refractivity contribution < 1.29 is 4.79 Å². The number of aromatic amines is 2. The first-order valence-corrected chi connectivity index (χ1v) is 9.97. The molecule has 7 heteroatoms. The number of fused-ring (bicyclic) bond motifs is 2. The number of aromatic nitrogens is 5. The van der Waals surface area contributed by atoms with Crippen LogP contribution in [0.1, 0.15) is 19.0 Å². The smallest absolute Gasteiger partial charge is 0.196 e. The maximum absolute atomic E-state index is 11.7. The summed E-state index contributed by atoms with van der Waals surface area (Å²) in [6, 6.07) is 13.5. The van der Waals surface area contributed by atoms with Gasteiger partial charge in [0, 0.05) is 58.3 Å². The number of carbonyl (C=O) groups is 1. The van der Waals surface area contributed by atoms with Gasteiger partial charge in [-0.15, -0.1) is 0 Å². The van der Waals surface area contributed by atoms with Crippen LogP contribution in [0.15, 0.2) is 54.9 Å². The number of nitrogens with zero attached hydrogens (tertiary/aromatic N) is 4. The maximum atomic E-state index is 11.7. The van der Waals surface area contributed by atoms with Gasteiger partial charge in [-0.25, -0.2) is 9.83 Å². The Bertz CT molecular complexity index is 1470. The van der Waals surface area contributed by atoms with Crippen molar-refractivity contribution in [2.75, 3.05) is 0 Å². The van der Waals surface area contributed by atoms with Crippen LogP contribution < -0.4 is 0 Å². The molecule has 0 bridgehead atoms. The van der Waals surface area contributed by atoms with Crippen LogP contribution in [-0.4, -0.2) is 30.9 Å². The molecule has 4 heterocycles. The Morgan fingerprint density at radius 3 is 2.71 bits per heavy atom. The van der Waals surface area contributed by atoms with Gasteiger partial charge in [0.15, 0.2) is 11.3 Å². The Labute approximate surface area is 178 Å². The van der Waals surface area contributed by atoms with Crippen LogP contribution in [0.3, 0.4) is 0 Å². The average Bonchev–Trinajstić information content (AvgIpc) is 3.42. The molecule has 0 aliphatic heterocycles. The number of rotatable bonds is 5. The fourth-order valence-corrected chi connectivity index (χ4v) is 3.66. The molecule has 0 unspecified atom stereocenters. The highest BCUT2D eigenvalue weighted by Crippen LogP contribution is 2.33. The molecule has 0 saturated carbocycles. The fourth-order valence-electron chi connectivity index (χ4n) is 3.66. The first kappa shape index (κ1) is 18.7. The zero-order chi connectivity index (χ0) is 21.4. The second kappa shape index (κ2) is 7.50. The summed E-state index contributed by atoms with van der Waals surface area (Å²) in [6.07, 6.45) is 4.40. The Kier molecular flexibility index (Phi) is 4.53. The zero-order valence-corrected chi connectivity index (χ0v) is 16.8. The second-order valence-electron chi connectivity index (χ2n) is 7.33. The zero-order valence-electron chi connectivity index (χ0n) is 16.8. The monoisotopic (exact) mass is 406 g/mol. The first-order chi connectivity index (χ1) is 15.2. The van der Waals surface area contributed by atoms with Gasteiger partial charge in [-0.05, 0) is 24.3 Å². The Hall–Kier alpha value is -4.31. The highest BCUT2D eigenvalue weighted by atomic mass is 16.1. The predicted molar refractivity (Wildman–Crippen MR) is 120 cm³/mol. The van der Waals surface area contributed by atoms with Gasteiger partial charge in [0.2, 0.25) is 0 Å². The van der Waals surface area contributed by atoms with E-state index in [1.165, 1.54) is 0 Å². The molecule has 150 valence electrons. The van der Waals surface area contributed by atoms with Crippen LogP contribution in [-0.2, 0) is 11.2 Å². The molecule has 5 aromatic rings. The van der Waals surface area contributed by atoms with Gasteiger partial charge in [-0.2, -0.15) is 5.10 Å². The molecule has 1 aromatic carbocycles. The van der Waals surface area contributed by atoms with Gasteiger partial charge >= 0.3 is 0 Å². The summed E-state index contributed by atoms with van der Waals surface area (Å²) in [5, 5.41) is 9.15. The van der Waals surface area contributed by atoms with E-state index >= 15 is 0 Å². The number of ketones is 1. The van der Waals surface area contributed by atoms with E-state index in [1.807, 2.05) is 49.4 Å². The lowest BCUT2D eigenvalue weighted by Crippen LogP contribution is -2.02. The van der Waals surface area contributed by atoms with Crippen molar-refractivity contribution >= 4 is 33.4 Å². The minimum atomic E-state index is 0.172. The molecule has 0 fully saturated rings. The molecule has 0 radical (unpaired) electrons. The lowest BCUT2D eigenvalue weighted by Gasteiger charge is -2.04. The molecule has 0 atom stereocenters. The molecule has 7 nitrogen and oxygen atoms in total. The molecule has 0 saturated heterocycles. The number of hydrogen-bond donors (Lipinski definition) is 2. The Morgan fingerprint density at radius 1 is 1.06 bits per heavy atom. The summed E-state index contributed by atoms with van der Waals surface area (Å²) in [6.45, 7) is 9.24. The molecule has 0 aliphatic rings. The average molecular weight is 406 g/mol. The van der Waals surface area contributed by atoms with E-state index < -0.39 is 0 Å². The standard InChI is InChI=1S/C24H18N6O/c1-3-17(31)10-16-8-7-14(12-26-16)15-9-19-23(29-30-24(19)27-13-15)22-11-18-20(25-2)5-4-6-21(18)28-22/h4-9,11-13,28H,3,10H2,1H3,(H,27,29,30). The molecule has 5 rings (SSSR count). The van der Waals surface area contributed by atoms with E-state index in [2.05, 4.69) is 30.0 Å². The van der Waals surface area contributed by atoms with Gasteiger partial charge in [0.1, 0.15) is 5.78 Å². The molecule has 31 heavy (non-hydrogen) atoms. The summed E-state index contributed by atoms with van der Waals surface area (Å²) in [5.41, 5.74) is 6.37. The van der Waals surface area contributed by atoms with Crippen LogP contribution in [0, 0.1) is 6.57 Å². The van der Waals surface area contributed by atoms with Crippen molar-refractivity contribution in [1.82, 2.24) is 25.1 Å². The number of Topliss-reactive ketones (excluding diaryl/α,β-unsaturated/α-hetero) is 1. The number of carbonyl (C=O) groups excluding carboxylic acids is 1. The summed E-state index contributed by atoms with van der Waals surface area (Å²) >= 11 is 0. The normalized spacial score (nSPS) is 11.1. The highest BCUT2D eigenvalue weighted by Gasteiger charge is 2.14. The third kappa shape index (κ3) is 3.34. The lowest BCUT2D eigenvalue weighted by atomic mass is 10.1. The topological polar surface area (TPSA) is 91.7 Å². The number of benzene rings is 1.